The van der Waals surface area contributed by atoms with Gasteiger partial charge in [0.15, 0.2) is 11.9 Å². The van der Waals surface area contributed by atoms with E-state index in [4.69, 9.17) is 0 Å². The van der Waals surface area contributed by atoms with E-state index in [1.54, 1.807) is 22.8 Å². The van der Waals surface area contributed by atoms with Gasteiger partial charge in [-0.1, -0.05) is 12.1 Å². The number of aromatic nitrogens is 2. The fourth-order valence-electron chi connectivity index (χ4n) is 3.21. The van der Waals surface area contributed by atoms with E-state index in [0.29, 0.717) is 11.3 Å². The number of ketones is 1. The zero-order chi connectivity index (χ0) is 18.1. The highest BCUT2D eigenvalue weighted by Gasteiger charge is 2.22. The molecule has 0 atom stereocenters. The average molecular weight is 337 g/mol. The highest BCUT2D eigenvalue weighted by molar-refractivity contribution is 5.96. The lowest BCUT2D eigenvalue weighted by Gasteiger charge is -2.10. The zero-order valence-corrected chi connectivity index (χ0v) is 15.0. The second-order valence-corrected chi connectivity index (χ2v) is 6.40. The maximum Gasteiger partial charge on any atom is 0.229 e. The molecule has 0 radical (unpaired) electrons. The highest BCUT2D eigenvalue weighted by atomic mass is 19.1. The van der Waals surface area contributed by atoms with Crippen molar-refractivity contribution >= 4 is 5.78 Å². The van der Waals surface area contributed by atoms with Crippen molar-refractivity contribution < 1.29 is 13.8 Å². The molecule has 3 rings (SSSR count). The fourth-order valence-corrected chi connectivity index (χ4v) is 3.21. The minimum Gasteiger partial charge on any atom is -0.315 e. The summed E-state index contributed by atoms with van der Waals surface area (Å²) in [5.41, 5.74) is 4.92. The zero-order valence-electron chi connectivity index (χ0n) is 15.0. The molecule has 0 bridgehead atoms. The molecular formula is C21H22FN2O+. The van der Waals surface area contributed by atoms with E-state index in [2.05, 4.69) is 0 Å². The summed E-state index contributed by atoms with van der Waals surface area (Å²) in [7, 11) is 0. The molecule has 25 heavy (non-hydrogen) atoms. The van der Waals surface area contributed by atoms with Gasteiger partial charge in [0.25, 0.3) is 0 Å². The molecule has 3 aromatic rings. The number of carbonyl (C=O) groups excluding carboxylic acids is 1. The number of Topliss-reactive ketones (excluding diaryl/α,β-unsaturated/α-hetero) is 1. The molecule has 0 N–H and O–H groups in total. The Morgan fingerprint density at radius 1 is 1.08 bits per heavy atom. The number of pyridine rings is 1. The maximum absolute atomic E-state index is 14.2. The van der Waals surface area contributed by atoms with Gasteiger partial charge in [-0.15, -0.1) is 0 Å². The Kier molecular flexibility index (Phi) is 4.53. The van der Waals surface area contributed by atoms with Crippen LogP contribution >= 0.6 is 0 Å². The molecule has 2 heterocycles. The number of hydrogen-bond acceptors (Lipinski definition) is 1. The lowest BCUT2D eigenvalue weighted by Crippen LogP contribution is -2.41. The molecule has 0 saturated carbocycles. The summed E-state index contributed by atoms with van der Waals surface area (Å²) in [4.78, 5) is 12.9. The predicted molar refractivity (Wildman–Crippen MR) is 95.6 cm³/mol. The van der Waals surface area contributed by atoms with Gasteiger partial charge in [-0.3, -0.25) is 4.79 Å². The maximum atomic E-state index is 14.2. The van der Waals surface area contributed by atoms with Crippen LogP contribution in [0.4, 0.5) is 4.39 Å². The van der Waals surface area contributed by atoms with Crippen molar-refractivity contribution in [3.63, 3.8) is 0 Å². The average Bonchev–Trinajstić information content (AvgIpc) is 2.87. The van der Waals surface area contributed by atoms with Crippen molar-refractivity contribution in [1.82, 2.24) is 4.57 Å². The summed E-state index contributed by atoms with van der Waals surface area (Å²) in [6.07, 6.45) is 1.91. The van der Waals surface area contributed by atoms with Crippen LogP contribution in [0.3, 0.4) is 0 Å². The number of aryl methyl sites for hydroxylation is 2. The standard InChI is InChI=1S/C21H22FN2O/c1-14-8-7-11-23(16(14)3)13-21(25)18-12-15(2)24(17(18)4)20-10-6-5-9-19(20)22/h5-12H,13H2,1-4H3/q+1. The number of rotatable bonds is 4. The Balaban J connectivity index is 1.99. The molecule has 128 valence electrons. The minimum atomic E-state index is -0.299. The SMILES string of the molecule is Cc1ccc[n+](CC(=O)c2cc(C)n(-c3ccccc3F)c2C)c1C. The van der Waals surface area contributed by atoms with Gasteiger partial charge in [0.05, 0.1) is 5.69 Å². The Morgan fingerprint density at radius 3 is 2.52 bits per heavy atom. The van der Waals surface area contributed by atoms with Crippen molar-refractivity contribution in [3.8, 4) is 5.69 Å². The summed E-state index contributed by atoms with van der Waals surface area (Å²) in [6.45, 7) is 8.06. The van der Waals surface area contributed by atoms with Crippen LogP contribution in [-0.2, 0) is 6.54 Å². The first-order chi connectivity index (χ1) is 11.9. The number of benzene rings is 1. The third-order valence-corrected chi connectivity index (χ3v) is 4.75. The van der Waals surface area contributed by atoms with Crippen LogP contribution in [0.1, 0.15) is 33.0 Å². The molecule has 0 amide bonds. The largest absolute Gasteiger partial charge is 0.315 e. The summed E-state index contributed by atoms with van der Waals surface area (Å²) < 4.78 is 17.9. The number of halogens is 1. The van der Waals surface area contributed by atoms with Crippen LogP contribution in [-0.4, -0.2) is 10.4 Å². The van der Waals surface area contributed by atoms with Crippen molar-refractivity contribution in [1.29, 1.82) is 0 Å². The van der Waals surface area contributed by atoms with Crippen LogP contribution in [0.2, 0.25) is 0 Å². The van der Waals surface area contributed by atoms with E-state index in [0.717, 1.165) is 22.6 Å². The normalized spacial score (nSPS) is 10.9. The molecule has 0 unspecified atom stereocenters. The van der Waals surface area contributed by atoms with Crippen LogP contribution in [0.5, 0.6) is 0 Å². The summed E-state index contributed by atoms with van der Waals surface area (Å²) in [5.74, 6) is -0.276. The van der Waals surface area contributed by atoms with Gasteiger partial charge < -0.3 is 4.57 Å². The number of carbonyl (C=O) groups is 1. The van der Waals surface area contributed by atoms with E-state index < -0.39 is 0 Å². The number of nitrogens with zero attached hydrogens (tertiary/aromatic N) is 2. The lowest BCUT2D eigenvalue weighted by atomic mass is 10.1. The summed E-state index contributed by atoms with van der Waals surface area (Å²) >= 11 is 0. The van der Waals surface area contributed by atoms with Gasteiger partial charge in [-0.25, -0.2) is 4.39 Å². The van der Waals surface area contributed by atoms with Crippen molar-refractivity contribution in [2.75, 3.05) is 0 Å². The molecule has 0 fully saturated rings. The third-order valence-electron chi connectivity index (χ3n) is 4.75. The first-order valence-corrected chi connectivity index (χ1v) is 8.33. The smallest absolute Gasteiger partial charge is 0.229 e. The second kappa shape index (κ2) is 6.63. The van der Waals surface area contributed by atoms with Crippen LogP contribution in [0, 0.1) is 33.5 Å². The van der Waals surface area contributed by atoms with Crippen LogP contribution < -0.4 is 4.57 Å². The van der Waals surface area contributed by atoms with Gasteiger partial charge in [0.1, 0.15) is 5.82 Å². The van der Waals surface area contributed by atoms with Gasteiger partial charge in [0, 0.05) is 35.5 Å². The minimum absolute atomic E-state index is 0.0226. The molecule has 3 nitrogen and oxygen atoms in total. The van der Waals surface area contributed by atoms with Crippen LogP contribution in [0.15, 0.2) is 48.7 Å². The quantitative estimate of drug-likeness (QED) is 0.521. The van der Waals surface area contributed by atoms with E-state index >= 15 is 0 Å². The molecule has 0 aliphatic heterocycles. The van der Waals surface area contributed by atoms with E-state index in [9.17, 15) is 9.18 Å². The number of para-hydroxylation sites is 1. The molecule has 0 spiro atoms. The van der Waals surface area contributed by atoms with E-state index in [1.807, 2.05) is 56.7 Å². The van der Waals surface area contributed by atoms with Gasteiger partial charge in [0.2, 0.25) is 12.3 Å². The summed E-state index contributed by atoms with van der Waals surface area (Å²) in [5, 5.41) is 0. The Morgan fingerprint density at radius 2 is 1.80 bits per heavy atom. The topological polar surface area (TPSA) is 25.9 Å². The molecule has 4 heteroatoms. The monoisotopic (exact) mass is 337 g/mol. The third kappa shape index (κ3) is 3.12. The lowest BCUT2D eigenvalue weighted by molar-refractivity contribution is -0.689. The molecule has 0 aliphatic carbocycles. The Labute approximate surface area is 147 Å². The Hall–Kier alpha value is -2.75. The predicted octanol–water partition coefficient (Wildman–Crippen LogP) is 4.02. The van der Waals surface area contributed by atoms with Crippen molar-refractivity contribution in [2.45, 2.75) is 34.2 Å². The molecule has 0 aliphatic rings. The second-order valence-electron chi connectivity index (χ2n) is 6.40. The van der Waals surface area contributed by atoms with Crippen molar-refractivity contribution in [3.05, 3.63) is 82.7 Å². The van der Waals surface area contributed by atoms with E-state index in [-0.39, 0.29) is 18.1 Å². The van der Waals surface area contributed by atoms with E-state index in [1.165, 1.54) is 6.07 Å². The Bertz CT molecular complexity index is 957. The molecule has 1 aromatic carbocycles. The van der Waals surface area contributed by atoms with Crippen LogP contribution in [0.25, 0.3) is 5.69 Å². The van der Waals surface area contributed by atoms with Gasteiger partial charge >= 0.3 is 0 Å². The fraction of sp³-hybridized carbons (Fsp3) is 0.238. The van der Waals surface area contributed by atoms with Crippen molar-refractivity contribution in [2.24, 2.45) is 0 Å². The first-order valence-electron chi connectivity index (χ1n) is 8.33. The summed E-state index contributed by atoms with van der Waals surface area (Å²) in [6, 6.07) is 12.4. The molecular weight excluding hydrogens is 315 g/mol. The van der Waals surface area contributed by atoms with Gasteiger partial charge in [-0.05, 0) is 45.0 Å². The highest BCUT2D eigenvalue weighted by Crippen LogP contribution is 2.23. The number of hydrogen-bond donors (Lipinski definition) is 0. The molecule has 2 aromatic heterocycles. The molecule has 0 saturated heterocycles. The van der Waals surface area contributed by atoms with Gasteiger partial charge in [-0.2, -0.15) is 4.57 Å². The first kappa shape index (κ1) is 17.1.